The Morgan fingerprint density at radius 1 is 0.800 bits per heavy atom. The molecule has 2 unspecified atom stereocenters. The Balaban J connectivity index is 1.62. The Labute approximate surface area is 118 Å². The summed E-state index contributed by atoms with van der Waals surface area (Å²) >= 11 is 0. The third-order valence-electron chi connectivity index (χ3n) is 4.32. The molecule has 0 bridgehead atoms. The largest absolute Gasteiger partial charge is 0.207 e. The lowest BCUT2D eigenvalue weighted by Gasteiger charge is -2.12. The second-order valence-corrected chi connectivity index (χ2v) is 5.76. The lowest BCUT2D eigenvalue weighted by Crippen LogP contribution is -2.00. The van der Waals surface area contributed by atoms with Gasteiger partial charge in [0.15, 0.2) is 0 Å². The van der Waals surface area contributed by atoms with Gasteiger partial charge in [0.25, 0.3) is 0 Å². The fourth-order valence-corrected chi connectivity index (χ4v) is 3.25. The third kappa shape index (κ3) is 3.06. The zero-order chi connectivity index (χ0) is 13.9. The summed E-state index contributed by atoms with van der Waals surface area (Å²) in [6.45, 7) is 0. The fourth-order valence-electron chi connectivity index (χ4n) is 3.25. The second-order valence-electron chi connectivity index (χ2n) is 5.76. The second kappa shape index (κ2) is 5.74. The van der Waals surface area contributed by atoms with Gasteiger partial charge >= 0.3 is 0 Å². The van der Waals surface area contributed by atoms with Gasteiger partial charge in [0.1, 0.15) is 11.6 Å². The van der Waals surface area contributed by atoms with Crippen LogP contribution in [0, 0.1) is 17.6 Å². The molecule has 2 aromatic carbocycles. The predicted octanol–water partition coefficient (Wildman–Crippen LogP) is 5.09. The molecule has 0 saturated heterocycles. The van der Waals surface area contributed by atoms with Crippen molar-refractivity contribution < 1.29 is 8.78 Å². The maximum Gasteiger partial charge on any atom is 0.123 e. The molecule has 1 aliphatic rings. The molecule has 104 valence electrons. The van der Waals surface area contributed by atoms with Gasteiger partial charge in [0, 0.05) is 0 Å². The topological polar surface area (TPSA) is 0 Å². The van der Waals surface area contributed by atoms with Crippen LogP contribution >= 0.6 is 0 Å². The van der Waals surface area contributed by atoms with Gasteiger partial charge in [-0.25, -0.2) is 8.78 Å². The Hall–Kier alpha value is -1.70. The maximum atomic E-state index is 12.9. The van der Waals surface area contributed by atoms with E-state index < -0.39 is 0 Å². The van der Waals surface area contributed by atoms with Crippen LogP contribution in [0.1, 0.15) is 36.3 Å². The number of rotatable bonds is 3. The summed E-state index contributed by atoms with van der Waals surface area (Å²) in [5, 5.41) is 0. The minimum atomic E-state index is -0.177. The van der Waals surface area contributed by atoms with Crippen molar-refractivity contribution in [3.05, 3.63) is 71.3 Å². The van der Waals surface area contributed by atoms with Crippen LogP contribution in [0.2, 0.25) is 0 Å². The average molecular weight is 272 g/mol. The summed E-state index contributed by atoms with van der Waals surface area (Å²) < 4.78 is 25.8. The van der Waals surface area contributed by atoms with Gasteiger partial charge in [-0.3, -0.25) is 0 Å². The highest BCUT2D eigenvalue weighted by molar-refractivity contribution is 5.22. The summed E-state index contributed by atoms with van der Waals surface area (Å²) in [4.78, 5) is 0. The van der Waals surface area contributed by atoms with E-state index in [2.05, 4.69) is 0 Å². The van der Waals surface area contributed by atoms with Crippen LogP contribution in [-0.4, -0.2) is 0 Å². The molecule has 1 saturated carbocycles. The van der Waals surface area contributed by atoms with Crippen LogP contribution in [0.3, 0.4) is 0 Å². The summed E-state index contributed by atoms with van der Waals surface area (Å²) in [6, 6.07) is 13.7. The van der Waals surface area contributed by atoms with E-state index in [1.54, 1.807) is 12.1 Å². The van der Waals surface area contributed by atoms with E-state index in [1.807, 2.05) is 24.3 Å². The van der Waals surface area contributed by atoms with Crippen LogP contribution in [0.5, 0.6) is 0 Å². The number of halogens is 2. The van der Waals surface area contributed by atoms with Gasteiger partial charge in [-0.2, -0.15) is 0 Å². The van der Waals surface area contributed by atoms with Gasteiger partial charge in [-0.15, -0.1) is 0 Å². The SMILES string of the molecule is Fc1ccc(CC2CCC(c3ccc(F)cc3)C2)cc1. The molecule has 0 N–H and O–H groups in total. The van der Waals surface area contributed by atoms with Crippen molar-refractivity contribution in [1.82, 2.24) is 0 Å². The number of hydrogen-bond acceptors (Lipinski definition) is 0. The predicted molar refractivity (Wildman–Crippen MR) is 76.6 cm³/mol. The van der Waals surface area contributed by atoms with Crippen molar-refractivity contribution in [2.45, 2.75) is 31.6 Å². The summed E-state index contributed by atoms with van der Waals surface area (Å²) in [7, 11) is 0. The third-order valence-corrected chi connectivity index (χ3v) is 4.32. The van der Waals surface area contributed by atoms with E-state index in [4.69, 9.17) is 0 Å². The number of hydrogen-bond donors (Lipinski definition) is 0. The highest BCUT2D eigenvalue weighted by atomic mass is 19.1. The summed E-state index contributed by atoms with van der Waals surface area (Å²) in [5.41, 5.74) is 2.45. The van der Waals surface area contributed by atoms with Crippen LogP contribution < -0.4 is 0 Å². The molecule has 3 rings (SSSR count). The molecule has 20 heavy (non-hydrogen) atoms. The molecule has 0 heterocycles. The highest BCUT2D eigenvalue weighted by Crippen LogP contribution is 2.39. The van der Waals surface area contributed by atoms with Crippen LogP contribution in [0.15, 0.2) is 48.5 Å². The smallest absolute Gasteiger partial charge is 0.123 e. The quantitative estimate of drug-likeness (QED) is 0.730. The highest BCUT2D eigenvalue weighted by Gasteiger charge is 2.25. The van der Waals surface area contributed by atoms with E-state index in [0.29, 0.717) is 11.8 Å². The van der Waals surface area contributed by atoms with Gasteiger partial charge in [-0.1, -0.05) is 24.3 Å². The first kappa shape index (κ1) is 13.3. The van der Waals surface area contributed by atoms with Crippen LogP contribution in [0.4, 0.5) is 8.78 Å². The van der Waals surface area contributed by atoms with Crippen LogP contribution in [0.25, 0.3) is 0 Å². The van der Waals surface area contributed by atoms with Crippen LogP contribution in [-0.2, 0) is 6.42 Å². The van der Waals surface area contributed by atoms with E-state index in [9.17, 15) is 8.78 Å². The normalized spacial score (nSPS) is 22.1. The van der Waals surface area contributed by atoms with Crippen molar-refractivity contribution in [2.75, 3.05) is 0 Å². The zero-order valence-corrected chi connectivity index (χ0v) is 11.4. The van der Waals surface area contributed by atoms with E-state index in [1.165, 1.54) is 29.7 Å². The summed E-state index contributed by atoms with van der Waals surface area (Å²) in [6.07, 6.45) is 4.51. The molecule has 0 spiro atoms. The van der Waals surface area contributed by atoms with Gasteiger partial charge in [0.2, 0.25) is 0 Å². The maximum absolute atomic E-state index is 12.9. The van der Waals surface area contributed by atoms with E-state index in [-0.39, 0.29) is 11.6 Å². The molecule has 1 fully saturated rings. The Bertz CT molecular complexity index is 557. The lowest BCUT2D eigenvalue weighted by molar-refractivity contribution is 0.535. The molecule has 0 nitrogen and oxygen atoms in total. The molecule has 1 aliphatic carbocycles. The Morgan fingerprint density at radius 3 is 2.05 bits per heavy atom. The Morgan fingerprint density at radius 2 is 1.40 bits per heavy atom. The average Bonchev–Trinajstić information content (AvgIpc) is 2.91. The lowest BCUT2D eigenvalue weighted by atomic mass is 9.93. The monoisotopic (exact) mass is 272 g/mol. The van der Waals surface area contributed by atoms with Gasteiger partial charge in [-0.05, 0) is 72.9 Å². The molecule has 2 aromatic rings. The van der Waals surface area contributed by atoms with E-state index in [0.717, 1.165) is 19.3 Å². The molecular formula is C18H18F2. The van der Waals surface area contributed by atoms with Gasteiger partial charge in [0.05, 0.1) is 0 Å². The molecule has 2 atom stereocenters. The minimum Gasteiger partial charge on any atom is -0.207 e. The number of benzene rings is 2. The molecule has 0 amide bonds. The van der Waals surface area contributed by atoms with Crippen molar-refractivity contribution >= 4 is 0 Å². The van der Waals surface area contributed by atoms with Crippen molar-refractivity contribution in [3.63, 3.8) is 0 Å². The molecule has 0 aromatic heterocycles. The van der Waals surface area contributed by atoms with E-state index >= 15 is 0 Å². The molecule has 0 radical (unpaired) electrons. The Kier molecular flexibility index (Phi) is 3.81. The first-order valence-electron chi connectivity index (χ1n) is 7.20. The first-order chi connectivity index (χ1) is 9.70. The minimum absolute atomic E-state index is 0.172. The zero-order valence-electron chi connectivity index (χ0n) is 11.4. The molecular weight excluding hydrogens is 254 g/mol. The summed E-state index contributed by atoms with van der Waals surface area (Å²) in [5.74, 6) is 0.843. The first-order valence-corrected chi connectivity index (χ1v) is 7.20. The van der Waals surface area contributed by atoms with Gasteiger partial charge < -0.3 is 0 Å². The van der Waals surface area contributed by atoms with Crippen molar-refractivity contribution in [3.8, 4) is 0 Å². The fraction of sp³-hybridized carbons (Fsp3) is 0.333. The molecule has 2 heteroatoms. The van der Waals surface area contributed by atoms with Crippen molar-refractivity contribution in [2.24, 2.45) is 5.92 Å². The van der Waals surface area contributed by atoms with Crippen molar-refractivity contribution in [1.29, 1.82) is 0 Å². The molecule has 0 aliphatic heterocycles. The standard InChI is InChI=1S/C18H18F2/c19-17-7-2-13(3-8-17)11-14-1-4-16(12-14)15-5-9-18(20)10-6-15/h2-3,5-10,14,16H,1,4,11-12H2.